The molecule has 0 aromatic heterocycles. The van der Waals surface area contributed by atoms with Gasteiger partial charge in [0.25, 0.3) is 0 Å². The SMILES string of the molecule is Brc1ccc(CN2CCN([C@H]3C[C@@H]4CC[C@H]3C4)CC2)cc1. The Bertz CT molecular complexity index is 478. The Hall–Kier alpha value is -0.380. The summed E-state index contributed by atoms with van der Waals surface area (Å²) in [5.74, 6) is 2.11. The fourth-order valence-corrected chi connectivity index (χ4v) is 5.02. The van der Waals surface area contributed by atoms with E-state index in [1.807, 2.05) is 0 Å². The van der Waals surface area contributed by atoms with Gasteiger partial charge < -0.3 is 0 Å². The maximum Gasteiger partial charge on any atom is 0.0234 e. The number of halogens is 1. The van der Waals surface area contributed by atoms with E-state index in [1.165, 1.54) is 61.9 Å². The minimum absolute atomic E-state index is 0.929. The number of nitrogens with zero attached hydrogens (tertiary/aromatic N) is 2. The third-order valence-corrected chi connectivity index (χ3v) is 6.42. The minimum Gasteiger partial charge on any atom is -0.298 e. The van der Waals surface area contributed by atoms with Gasteiger partial charge in [-0.1, -0.05) is 34.5 Å². The quantitative estimate of drug-likeness (QED) is 0.820. The molecule has 1 aromatic carbocycles. The second-order valence-electron chi connectivity index (χ2n) is 7.18. The number of rotatable bonds is 3. The molecule has 3 heteroatoms. The highest BCUT2D eigenvalue weighted by Gasteiger charge is 2.42. The predicted molar refractivity (Wildman–Crippen MR) is 90.2 cm³/mol. The number of piperazine rings is 1. The highest BCUT2D eigenvalue weighted by atomic mass is 79.9. The lowest BCUT2D eigenvalue weighted by atomic mass is 9.93. The standard InChI is InChI=1S/C18H25BrN2/c19-17-5-2-14(3-6-17)13-20-7-9-21(10-8-20)18-12-15-1-4-16(18)11-15/h2-3,5-6,15-16,18H,1,4,7-13H2/t15-,16+,18+/m1/s1. The fourth-order valence-electron chi connectivity index (χ4n) is 4.76. The van der Waals surface area contributed by atoms with Crippen molar-refractivity contribution in [3.63, 3.8) is 0 Å². The maximum atomic E-state index is 3.51. The van der Waals surface area contributed by atoms with Gasteiger partial charge in [0.05, 0.1) is 0 Å². The van der Waals surface area contributed by atoms with Crippen LogP contribution < -0.4 is 0 Å². The zero-order valence-electron chi connectivity index (χ0n) is 12.7. The molecular weight excluding hydrogens is 324 g/mol. The number of fused-ring (bicyclic) bond motifs is 2. The van der Waals surface area contributed by atoms with E-state index in [1.54, 1.807) is 0 Å². The first kappa shape index (κ1) is 14.2. The van der Waals surface area contributed by atoms with Crippen LogP contribution in [0.15, 0.2) is 28.7 Å². The third-order valence-electron chi connectivity index (χ3n) is 5.90. The lowest BCUT2D eigenvalue weighted by Crippen LogP contribution is -2.51. The number of benzene rings is 1. The Balaban J connectivity index is 1.29. The fraction of sp³-hybridized carbons (Fsp3) is 0.667. The smallest absolute Gasteiger partial charge is 0.0234 e. The summed E-state index contributed by atoms with van der Waals surface area (Å²) in [7, 11) is 0. The Morgan fingerprint density at radius 1 is 0.952 bits per heavy atom. The van der Waals surface area contributed by atoms with Crippen LogP contribution in [0.5, 0.6) is 0 Å². The van der Waals surface area contributed by atoms with Gasteiger partial charge in [-0.2, -0.15) is 0 Å². The molecule has 2 nitrogen and oxygen atoms in total. The van der Waals surface area contributed by atoms with Gasteiger partial charge >= 0.3 is 0 Å². The average molecular weight is 349 g/mol. The van der Waals surface area contributed by atoms with Gasteiger partial charge in [-0.25, -0.2) is 0 Å². The van der Waals surface area contributed by atoms with Crippen molar-refractivity contribution in [1.29, 1.82) is 0 Å². The van der Waals surface area contributed by atoms with Crippen LogP contribution in [0.3, 0.4) is 0 Å². The molecule has 0 radical (unpaired) electrons. The van der Waals surface area contributed by atoms with Crippen molar-refractivity contribution in [2.45, 2.75) is 38.3 Å². The average Bonchev–Trinajstić information content (AvgIpc) is 3.13. The predicted octanol–water partition coefficient (Wildman–Crippen LogP) is 3.76. The summed E-state index contributed by atoms with van der Waals surface area (Å²) >= 11 is 3.51. The highest BCUT2D eigenvalue weighted by Crippen LogP contribution is 2.46. The topological polar surface area (TPSA) is 6.48 Å². The molecule has 1 aromatic rings. The van der Waals surface area contributed by atoms with Gasteiger partial charge in [-0.3, -0.25) is 9.80 Å². The van der Waals surface area contributed by atoms with Crippen LogP contribution in [0.25, 0.3) is 0 Å². The molecule has 0 amide bonds. The van der Waals surface area contributed by atoms with Gasteiger partial charge in [-0.05, 0) is 48.8 Å². The summed E-state index contributed by atoms with van der Waals surface area (Å²) in [4.78, 5) is 5.43. The molecule has 3 aliphatic rings. The van der Waals surface area contributed by atoms with Crippen molar-refractivity contribution in [2.75, 3.05) is 26.2 Å². The molecule has 2 saturated carbocycles. The molecule has 1 saturated heterocycles. The first-order valence-electron chi connectivity index (χ1n) is 8.49. The molecule has 3 atom stereocenters. The van der Waals surface area contributed by atoms with E-state index in [4.69, 9.17) is 0 Å². The van der Waals surface area contributed by atoms with E-state index in [0.29, 0.717) is 0 Å². The van der Waals surface area contributed by atoms with Crippen LogP contribution >= 0.6 is 15.9 Å². The van der Waals surface area contributed by atoms with E-state index in [2.05, 4.69) is 50.0 Å². The van der Waals surface area contributed by atoms with Crippen molar-refractivity contribution < 1.29 is 0 Å². The Labute approximate surface area is 136 Å². The van der Waals surface area contributed by atoms with E-state index in [-0.39, 0.29) is 0 Å². The first-order chi connectivity index (χ1) is 10.3. The summed E-state index contributed by atoms with van der Waals surface area (Å²) < 4.78 is 1.17. The molecular formula is C18H25BrN2. The van der Waals surface area contributed by atoms with Gasteiger partial charge in [0, 0.05) is 43.2 Å². The molecule has 2 bridgehead atoms. The van der Waals surface area contributed by atoms with Gasteiger partial charge in [-0.15, -0.1) is 0 Å². The zero-order chi connectivity index (χ0) is 14.2. The molecule has 0 spiro atoms. The minimum atomic E-state index is 0.929. The lowest BCUT2D eigenvalue weighted by Gasteiger charge is -2.41. The monoisotopic (exact) mass is 348 g/mol. The molecule has 0 N–H and O–H groups in total. The van der Waals surface area contributed by atoms with Crippen LogP contribution in [0, 0.1) is 11.8 Å². The molecule has 2 aliphatic carbocycles. The van der Waals surface area contributed by atoms with Crippen LogP contribution in [-0.2, 0) is 6.54 Å². The third kappa shape index (κ3) is 3.06. The lowest BCUT2D eigenvalue weighted by molar-refractivity contribution is 0.0679. The molecule has 0 unspecified atom stereocenters. The molecule has 3 fully saturated rings. The summed E-state index contributed by atoms with van der Waals surface area (Å²) in [6.07, 6.45) is 6.06. The summed E-state index contributed by atoms with van der Waals surface area (Å²) in [6, 6.07) is 9.72. The van der Waals surface area contributed by atoms with Crippen molar-refractivity contribution in [2.24, 2.45) is 11.8 Å². The Morgan fingerprint density at radius 3 is 2.33 bits per heavy atom. The molecule has 114 valence electrons. The molecule has 1 heterocycles. The number of hydrogen-bond donors (Lipinski definition) is 0. The maximum absolute atomic E-state index is 3.51. The largest absolute Gasteiger partial charge is 0.298 e. The van der Waals surface area contributed by atoms with Crippen molar-refractivity contribution in [3.05, 3.63) is 34.3 Å². The van der Waals surface area contributed by atoms with E-state index in [9.17, 15) is 0 Å². The summed E-state index contributed by atoms with van der Waals surface area (Å²) in [5, 5.41) is 0. The number of hydrogen-bond acceptors (Lipinski definition) is 2. The van der Waals surface area contributed by atoms with Crippen LogP contribution in [0.2, 0.25) is 0 Å². The van der Waals surface area contributed by atoms with Crippen LogP contribution in [0.1, 0.15) is 31.2 Å². The molecule has 1 aliphatic heterocycles. The summed E-state index contributed by atoms with van der Waals surface area (Å²) in [5.41, 5.74) is 1.44. The molecule has 4 rings (SSSR count). The van der Waals surface area contributed by atoms with E-state index < -0.39 is 0 Å². The van der Waals surface area contributed by atoms with Crippen molar-refractivity contribution >= 4 is 15.9 Å². The second kappa shape index (κ2) is 6.02. The van der Waals surface area contributed by atoms with Gasteiger partial charge in [0.1, 0.15) is 0 Å². The first-order valence-corrected chi connectivity index (χ1v) is 9.28. The van der Waals surface area contributed by atoms with Gasteiger partial charge in [0.2, 0.25) is 0 Å². The summed E-state index contributed by atoms with van der Waals surface area (Å²) in [6.45, 7) is 6.15. The van der Waals surface area contributed by atoms with Crippen molar-refractivity contribution in [1.82, 2.24) is 9.80 Å². The van der Waals surface area contributed by atoms with Crippen LogP contribution in [0.4, 0.5) is 0 Å². The van der Waals surface area contributed by atoms with E-state index in [0.717, 1.165) is 24.4 Å². The highest BCUT2D eigenvalue weighted by molar-refractivity contribution is 9.10. The van der Waals surface area contributed by atoms with Crippen LogP contribution in [-0.4, -0.2) is 42.0 Å². The molecule has 21 heavy (non-hydrogen) atoms. The second-order valence-corrected chi connectivity index (χ2v) is 8.10. The zero-order valence-corrected chi connectivity index (χ0v) is 14.3. The Morgan fingerprint density at radius 2 is 1.71 bits per heavy atom. The normalized spacial score (nSPS) is 33.7. The van der Waals surface area contributed by atoms with Gasteiger partial charge in [0.15, 0.2) is 0 Å². The Kier molecular flexibility index (Phi) is 4.08. The van der Waals surface area contributed by atoms with Crippen molar-refractivity contribution in [3.8, 4) is 0 Å². The van der Waals surface area contributed by atoms with E-state index >= 15 is 0 Å².